The molecule has 0 amide bonds. The van der Waals surface area contributed by atoms with Gasteiger partial charge in [0, 0.05) is 30.9 Å². The molecule has 0 radical (unpaired) electrons. The lowest BCUT2D eigenvalue weighted by Crippen LogP contribution is -2.37. The zero-order valence-electron chi connectivity index (χ0n) is 13.2. The molecule has 0 aliphatic carbocycles. The molecular weight excluding hydrogens is 250 g/mol. The van der Waals surface area contributed by atoms with E-state index in [1.54, 1.807) is 0 Å². The summed E-state index contributed by atoms with van der Waals surface area (Å²) in [5.74, 6) is -1.08. The van der Waals surface area contributed by atoms with E-state index in [0.717, 1.165) is 6.92 Å². The number of hydrogen-bond donors (Lipinski definition) is 0. The Bertz CT molecular complexity index is 360. The van der Waals surface area contributed by atoms with Crippen molar-refractivity contribution in [3.8, 4) is 0 Å². The SMILES string of the molecule is CC(=O)[O-].CCCCCC[n+]1ccccc1CCCC. The molecule has 114 valence electrons. The summed E-state index contributed by atoms with van der Waals surface area (Å²) >= 11 is 0. The Morgan fingerprint density at radius 3 is 2.35 bits per heavy atom. The first kappa shape index (κ1) is 18.6. The van der Waals surface area contributed by atoms with Gasteiger partial charge in [-0.15, -0.1) is 0 Å². The average molecular weight is 279 g/mol. The van der Waals surface area contributed by atoms with E-state index in [1.165, 1.54) is 57.2 Å². The van der Waals surface area contributed by atoms with E-state index in [-0.39, 0.29) is 0 Å². The zero-order valence-corrected chi connectivity index (χ0v) is 13.2. The highest BCUT2D eigenvalue weighted by molar-refractivity contribution is 5.60. The Morgan fingerprint density at radius 2 is 1.75 bits per heavy atom. The molecular formula is C17H29NO2. The number of aryl methyl sites for hydroxylation is 2. The first-order chi connectivity index (χ1) is 9.61. The maximum Gasteiger partial charge on any atom is 0.181 e. The highest BCUT2D eigenvalue weighted by Gasteiger charge is 2.07. The average Bonchev–Trinajstić information content (AvgIpc) is 2.42. The van der Waals surface area contributed by atoms with Crippen molar-refractivity contribution in [1.29, 1.82) is 0 Å². The van der Waals surface area contributed by atoms with Gasteiger partial charge in [-0.3, -0.25) is 0 Å². The number of carbonyl (C=O) groups is 1. The molecule has 0 aliphatic heterocycles. The third-order valence-electron chi connectivity index (χ3n) is 3.07. The molecule has 1 rings (SSSR count). The number of pyridine rings is 1. The fourth-order valence-electron chi connectivity index (χ4n) is 2.02. The van der Waals surface area contributed by atoms with E-state index in [0.29, 0.717) is 0 Å². The fraction of sp³-hybridized carbons (Fsp3) is 0.647. The molecule has 0 unspecified atom stereocenters. The minimum Gasteiger partial charge on any atom is -0.550 e. The van der Waals surface area contributed by atoms with E-state index < -0.39 is 5.97 Å². The number of rotatable bonds is 8. The lowest BCUT2D eigenvalue weighted by Gasteiger charge is -2.03. The summed E-state index contributed by atoms with van der Waals surface area (Å²) in [6, 6.07) is 6.58. The molecule has 0 atom stereocenters. The normalized spacial score (nSPS) is 9.75. The largest absolute Gasteiger partial charge is 0.550 e. The molecule has 0 aromatic carbocycles. The van der Waals surface area contributed by atoms with Gasteiger partial charge in [0.25, 0.3) is 0 Å². The predicted octanol–water partition coefficient (Wildman–Crippen LogP) is 2.65. The molecule has 0 aliphatic rings. The van der Waals surface area contributed by atoms with Gasteiger partial charge in [-0.2, -0.15) is 0 Å². The fourth-order valence-corrected chi connectivity index (χ4v) is 2.02. The molecule has 1 heterocycles. The van der Waals surface area contributed by atoms with Crippen LogP contribution in [0.1, 0.15) is 65.0 Å². The number of aromatic nitrogens is 1. The summed E-state index contributed by atoms with van der Waals surface area (Å²) in [6.45, 7) is 6.69. The van der Waals surface area contributed by atoms with Crippen LogP contribution in [0.4, 0.5) is 0 Å². The summed E-state index contributed by atoms with van der Waals surface area (Å²) in [5.41, 5.74) is 1.50. The molecule has 0 saturated heterocycles. The van der Waals surface area contributed by atoms with Crippen molar-refractivity contribution in [2.24, 2.45) is 0 Å². The Balaban J connectivity index is 0.000000796. The van der Waals surface area contributed by atoms with E-state index in [4.69, 9.17) is 9.90 Å². The Hall–Kier alpha value is -1.38. The van der Waals surface area contributed by atoms with Crippen molar-refractivity contribution >= 4 is 5.97 Å². The van der Waals surface area contributed by atoms with Gasteiger partial charge in [-0.1, -0.05) is 39.2 Å². The first-order valence-corrected chi connectivity index (χ1v) is 7.76. The number of carboxylic acids is 1. The molecule has 1 aromatic rings. The second kappa shape index (κ2) is 12.6. The molecule has 0 fully saturated rings. The van der Waals surface area contributed by atoms with Crippen LogP contribution in [0, 0.1) is 0 Å². The molecule has 3 heteroatoms. The molecule has 20 heavy (non-hydrogen) atoms. The minimum absolute atomic E-state index is 0.972. The lowest BCUT2D eigenvalue weighted by atomic mass is 10.1. The van der Waals surface area contributed by atoms with Crippen LogP contribution in [0.5, 0.6) is 0 Å². The number of carboxylic acid groups (broad SMARTS) is 1. The second-order valence-corrected chi connectivity index (χ2v) is 5.04. The lowest BCUT2D eigenvalue weighted by molar-refractivity contribution is -0.704. The molecule has 3 nitrogen and oxygen atoms in total. The Labute approximate surface area is 123 Å². The van der Waals surface area contributed by atoms with Gasteiger partial charge in [-0.05, 0) is 19.8 Å². The summed E-state index contributed by atoms with van der Waals surface area (Å²) in [7, 11) is 0. The summed E-state index contributed by atoms with van der Waals surface area (Å²) in [4.78, 5) is 8.89. The third kappa shape index (κ3) is 10.5. The van der Waals surface area contributed by atoms with E-state index >= 15 is 0 Å². The van der Waals surface area contributed by atoms with Crippen LogP contribution in [0.2, 0.25) is 0 Å². The third-order valence-corrected chi connectivity index (χ3v) is 3.07. The van der Waals surface area contributed by atoms with E-state index in [9.17, 15) is 0 Å². The second-order valence-electron chi connectivity index (χ2n) is 5.04. The van der Waals surface area contributed by atoms with Crippen LogP contribution >= 0.6 is 0 Å². The minimum atomic E-state index is -1.08. The molecule has 0 bridgehead atoms. The van der Waals surface area contributed by atoms with Gasteiger partial charge >= 0.3 is 0 Å². The highest BCUT2D eigenvalue weighted by Crippen LogP contribution is 2.02. The first-order valence-electron chi connectivity index (χ1n) is 7.76. The van der Waals surface area contributed by atoms with Crippen molar-refractivity contribution in [1.82, 2.24) is 0 Å². The summed E-state index contributed by atoms with van der Waals surface area (Å²) in [6.07, 6.45) is 11.4. The van der Waals surface area contributed by atoms with Gasteiger partial charge in [0.15, 0.2) is 11.9 Å². The molecule has 1 aromatic heterocycles. The van der Waals surface area contributed by atoms with Gasteiger partial charge in [0.05, 0.1) is 0 Å². The number of nitrogens with zero attached hydrogens (tertiary/aromatic N) is 1. The number of unbranched alkanes of at least 4 members (excludes halogenated alkanes) is 4. The predicted molar refractivity (Wildman–Crippen MR) is 80.1 cm³/mol. The van der Waals surface area contributed by atoms with Crippen molar-refractivity contribution < 1.29 is 14.5 Å². The van der Waals surface area contributed by atoms with Crippen LogP contribution < -0.4 is 9.67 Å². The summed E-state index contributed by atoms with van der Waals surface area (Å²) in [5, 5.41) is 8.89. The number of hydrogen-bond acceptors (Lipinski definition) is 2. The quantitative estimate of drug-likeness (QED) is 0.542. The van der Waals surface area contributed by atoms with Crippen LogP contribution in [0.15, 0.2) is 24.4 Å². The summed E-state index contributed by atoms with van der Waals surface area (Å²) < 4.78 is 2.44. The van der Waals surface area contributed by atoms with Crippen molar-refractivity contribution in [3.05, 3.63) is 30.1 Å². The Morgan fingerprint density at radius 1 is 1.10 bits per heavy atom. The van der Waals surface area contributed by atoms with Crippen LogP contribution in [0.3, 0.4) is 0 Å². The van der Waals surface area contributed by atoms with Crippen LogP contribution in [-0.4, -0.2) is 5.97 Å². The standard InChI is InChI=1S/C15H26N.C2H4O2/c1-3-5-7-9-13-16-14-10-8-12-15(16)11-6-4-2;1-2(3)4/h8,10,12,14H,3-7,9,11,13H2,1-2H3;1H3,(H,3,4)/q+1;/p-1. The van der Waals surface area contributed by atoms with E-state index in [1.807, 2.05) is 0 Å². The van der Waals surface area contributed by atoms with Crippen LogP contribution in [0.25, 0.3) is 0 Å². The number of aliphatic carboxylic acids is 1. The Kier molecular flexibility index (Phi) is 11.8. The smallest absolute Gasteiger partial charge is 0.181 e. The molecule has 0 spiro atoms. The van der Waals surface area contributed by atoms with Gasteiger partial charge in [0.1, 0.15) is 6.54 Å². The maximum atomic E-state index is 8.89. The highest BCUT2D eigenvalue weighted by atomic mass is 16.4. The van der Waals surface area contributed by atoms with Crippen molar-refractivity contribution in [2.45, 2.75) is 72.3 Å². The zero-order chi connectivity index (χ0) is 15.2. The molecule has 0 N–H and O–H groups in total. The topological polar surface area (TPSA) is 44.0 Å². The van der Waals surface area contributed by atoms with Crippen molar-refractivity contribution in [2.75, 3.05) is 0 Å². The van der Waals surface area contributed by atoms with Gasteiger partial charge in [-0.25, -0.2) is 4.57 Å². The molecule has 0 saturated carbocycles. The van der Waals surface area contributed by atoms with E-state index in [2.05, 4.69) is 42.8 Å². The number of carbonyl (C=O) groups excluding carboxylic acids is 1. The van der Waals surface area contributed by atoms with Crippen LogP contribution in [-0.2, 0) is 17.8 Å². The van der Waals surface area contributed by atoms with Gasteiger partial charge in [0.2, 0.25) is 0 Å². The maximum absolute atomic E-state index is 8.89. The van der Waals surface area contributed by atoms with Crippen molar-refractivity contribution in [3.63, 3.8) is 0 Å². The van der Waals surface area contributed by atoms with Gasteiger partial charge < -0.3 is 9.90 Å². The monoisotopic (exact) mass is 279 g/mol.